The Balaban J connectivity index is 2.13. The van der Waals surface area contributed by atoms with Crippen LogP contribution in [-0.4, -0.2) is 19.7 Å². The number of H-pyrrole nitrogens is 1. The van der Waals surface area contributed by atoms with Crippen LogP contribution in [0.25, 0.3) is 0 Å². The van der Waals surface area contributed by atoms with E-state index in [2.05, 4.69) is 10.1 Å². The predicted molar refractivity (Wildman–Crippen MR) is 98.2 cm³/mol. The summed E-state index contributed by atoms with van der Waals surface area (Å²) in [5.74, 6) is -6.63. The highest BCUT2D eigenvalue weighted by molar-refractivity contribution is 5.42. The van der Waals surface area contributed by atoms with E-state index in [1.54, 1.807) is 0 Å². The minimum atomic E-state index is -3.69. The highest BCUT2D eigenvalue weighted by Crippen LogP contribution is 2.34. The van der Waals surface area contributed by atoms with Crippen LogP contribution in [-0.2, 0) is 12.5 Å². The Morgan fingerprint density at radius 2 is 2.03 bits per heavy atom. The summed E-state index contributed by atoms with van der Waals surface area (Å²) in [7, 11) is 0. The van der Waals surface area contributed by atoms with E-state index in [0.29, 0.717) is 17.8 Å². The highest BCUT2D eigenvalue weighted by atomic mass is 19.3. The molecule has 0 unspecified atom stereocenters. The van der Waals surface area contributed by atoms with E-state index in [1.807, 2.05) is 5.10 Å². The molecule has 32 heavy (non-hydrogen) atoms. The number of rotatable bonds is 6. The van der Waals surface area contributed by atoms with Crippen molar-refractivity contribution in [3.63, 3.8) is 0 Å². The van der Waals surface area contributed by atoms with Gasteiger partial charge < -0.3 is 4.74 Å². The number of nitrogens with one attached hydrogen (secondary N) is 1. The molecule has 1 aromatic carbocycles. The zero-order valence-electron chi connectivity index (χ0n) is 16.1. The number of nitriles is 1. The second kappa shape index (κ2) is 8.58. The molecular formula is C19H12F5N5O3. The molecule has 0 fully saturated rings. The third-order valence-corrected chi connectivity index (χ3v) is 4.17. The lowest BCUT2D eigenvalue weighted by molar-refractivity contribution is 0.0100. The normalized spacial score (nSPS) is 11.4. The number of hydrogen-bond acceptors (Lipinski definition) is 6. The van der Waals surface area contributed by atoms with Crippen molar-refractivity contribution in [3.05, 3.63) is 79.6 Å². The minimum Gasteiger partial charge on any atom is -0.446 e. The Morgan fingerprint density at radius 3 is 2.66 bits per heavy atom. The van der Waals surface area contributed by atoms with Gasteiger partial charge in [0.25, 0.3) is 23.5 Å². The molecule has 0 aliphatic heterocycles. The van der Waals surface area contributed by atoms with Gasteiger partial charge in [0.2, 0.25) is 5.75 Å². The van der Waals surface area contributed by atoms with E-state index < -0.39 is 64.3 Å². The predicted octanol–water partition coefficient (Wildman–Crippen LogP) is 3.23. The Labute approximate surface area is 175 Å². The van der Waals surface area contributed by atoms with E-state index in [0.717, 1.165) is 18.2 Å². The summed E-state index contributed by atoms with van der Waals surface area (Å²) in [5.41, 5.74) is -4.84. The van der Waals surface area contributed by atoms with E-state index >= 15 is 0 Å². The maximum absolute atomic E-state index is 14.4. The molecule has 0 radical (unpaired) electrons. The van der Waals surface area contributed by atoms with Crippen molar-refractivity contribution in [2.75, 3.05) is 0 Å². The topological polar surface area (TPSA) is 114 Å². The number of nitrogens with zero attached hydrogens (tertiary/aromatic N) is 4. The summed E-state index contributed by atoms with van der Waals surface area (Å²) in [6.07, 6.45) is -2.35. The van der Waals surface area contributed by atoms with Gasteiger partial charge in [-0.1, -0.05) is 6.07 Å². The largest absolute Gasteiger partial charge is 0.446 e. The molecule has 0 saturated heterocycles. The first-order chi connectivity index (χ1) is 15.0. The summed E-state index contributed by atoms with van der Waals surface area (Å²) >= 11 is 0. The summed E-state index contributed by atoms with van der Waals surface area (Å²) in [6.45, 7) is -0.216. The number of alkyl halides is 4. The Kier molecular flexibility index (Phi) is 6.06. The van der Waals surface area contributed by atoms with E-state index in [-0.39, 0.29) is 5.56 Å². The smallest absolute Gasteiger partial charge is 0.297 e. The third kappa shape index (κ3) is 4.48. The maximum Gasteiger partial charge on any atom is 0.297 e. The van der Waals surface area contributed by atoms with Crippen LogP contribution >= 0.6 is 0 Å². The molecule has 2 aromatic heterocycles. The average Bonchev–Trinajstić information content (AvgIpc) is 2.72. The number of ether oxygens (including phenoxy) is 1. The number of hydrogen-bond donors (Lipinski definition) is 1. The van der Waals surface area contributed by atoms with Crippen molar-refractivity contribution in [3.8, 4) is 17.6 Å². The summed E-state index contributed by atoms with van der Waals surface area (Å²) in [5, 5.41) is 13.9. The van der Waals surface area contributed by atoms with E-state index in [4.69, 9.17) is 10.00 Å². The van der Waals surface area contributed by atoms with Crippen molar-refractivity contribution in [1.29, 1.82) is 5.26 Å². The van der Waals surface area contributed by atoms with Gasteiger partial charge in [-0.2, -0.15) is 19.1 Å². The van der Waals surface area contributed by atoms with Crippen LogP contribution in [0.2, 0.25) is 0 Å². The van der Waals surface area contributed by atoms with Gasteiger partial charge in [0.1, 0.15) is 11.8 Å². The summed E-state index contributed by atoms with van der Waals surface area (Å²) in [4.78, 5) is 28.2. The fourth-order valence-electron chi connectivity index (χ4n) is 2.65. The van der Waals surface area contributed by atoms with Crippen LogP contribution in [0.4, 0.5) is 22.0 Å². The van der Waals surface area contributed by atoms with E-state index in [1.165, 1.54) is 12.1 Å². The molecule has 0 amide bonds. The van der Waals surface area contributed by atoms with Gasteiger partial charge in [-0.3, -0.25) is 14.2 Å². The molecule has 2 heterocycles. The molecule has 13 heteroatoms. The Bertz CT molecular complexity index is 1320. The molecule has 166 valence electrons. The fraction of sp³-hybridized carbons (Fsp3) is 0.211. The first-order valence-electron chi connectivity index (χ1n) is 8.73. The van der Waals surface area contributed by atoms with Crippen molar-refractivity contribution in [2.45, 2.75) is 25.8 Å². The Morgan fingerprint density at radius 1 is 1.31 bits per heavy atom. The van der Waals surface area contributed by atoms with Crippen molar-refractivity contribution < 1.29 is 26.7 Å². The molecule has 0 bridgehead atoms. The highest BCUT2D eigenvalue weighted by Gasteiger charge is 2.34. The molecule has 0 aliphatic carbocycles. The maximum atomic E-state index is 14.4. The summed E-state index contributed by atoms with van der Waals surface area (Å²) in [6, 6.07) is 5.60. The molecule has 3 rings (SSSR count). The van der Waals surface area contributed by atoms with Crippen LogP contribution in [0.5, 0.6) is 11.5 Å². The van der Waals surface area contributed by atoms with Gasteiger partial charge >= 0.3 is 0 Å². The molecule has 1 N–H and O–H groups in total. The SMILES string of the molecule is CC(F)(F)c1ncn(Cc2cc(C(F)F)n[nH]c2=O)c(=O)c1Oc1cccc(C#N)c1F. The van der Waals surface area contributed by atoms with Crippen LogP contribution < -0.4 is 15.9 Å². The number of benzene rings is 1. The second-order valence-corrected chi connectivity index (χ2v) is 6.52. The molecule has 0 atom stereocenters. The molecular weight excluding hydrogens is 441 g/mol. The van der Waals surface area contributed by atoms with Crippen LogP contribution in [0.3, 0.4) is 0 Å². The lowest BCUT2D eigenvalue weighted by Crippen LogP contribution is -2.29. The second-order valence-electron chi connectivity index (χ2n) is 6.52. The number of halogens is 5. The zero-order chi connectivity index (χ0) is 23.6. The minimum absolute atomic E-state index is 0.334. The van der Waals surface area contributed by atoms with Gasteiger partial charge in [-0.25, -0.2) is 23.3 Å². The number of aromatic amines is 1. The molecule has 0 aliphatic rings. The van der Waals surface area contributed by atoms with Crippen molar-refractivity contribution >= 4 is 0 Å². The zero-order valence-corrected chi connectivity index (χ0v) is 16.1. The lowest BCUT2D eigenvalue weighted by atomic mass is 10.2. The molecule has 0 saturated carbocycles. The van der Waals surface area contributed by atoms with Gasteiger partial charge in [0.15, 0.2) is 17.3 Å². The van der Waals surface area contributed by atoms with Gasteiger partial charge in [0, 0.05) is 12.5 Å². The molecule has 8 nitrogen and oxygen atoms in total. The van der Waals surface area contributed by atoms with Crippen LogP contribution in [0, 0.1) is 17.1 Å². The van der Waals surface area contributed by atoms with Gasteiger partial charge in [-0.05, 0) is 18.2 Å². The first kappa shape index (κ1) is 22.6. The van der Waals surface area contributed by atoms with Crippen molar-refractivity contribution in [1.82, 2.24) is 19.7 Å². The monoisotopic (exact) mass is 453 g/mol. The van der Waals surface area contributed by atoms with Crippen LogP contribution in [0.15, 0.2) is 40.2 Å². The molecule has 0 spiro atoms. The third-order valence-electron chi connectivity index (χ3n) is 4.17. The Hall–Kier alpha value is -4.08. The standard InChI is InChI=1S/C19H12F5N5O3/c1-19(23,24)15-14(32-12-4-2-3-9(6-25)13(12)20)18(31)29(8-26-15)7-10-5-11(16(21)22)27-28-17(10)30/h2-5,8,16H,7H2,1H3,(H,28,30). The fourth-order valence-corrected chi connectivity index (χ4v) is 2.65. The lowest BCUT2D eigenvalue weighted by Gasteiger charge is -2.17. The van der Waals surface area contributed by atoms with Gasteiger partial charge in [0.05, 0.1) is 18.4 Å². The first-order valence-corrected chi connectivity index (χ1v) is 8.73. The quantitative estimate of drug-likeness (QED) is 0.574. The average molecular weight is 453 g/mol. The van der Waals surface area contributed by atoms with E-state index in [9.17, 15) is 31.5 Å². The number of aromatic nitrogens is 4. The summed E-state index contributed by atoms with van der Waals surface area (Å²) < 4.78 is 73.9. The van der Waals surface area contributed by atoms with Gasteiger partial charge in [-0.15, -0.1) is 0 Å². The molecule has 3 aromatic rings. The van der Waals surface area contributed by atoms with Crippen molar-refractivity contribution in [2.24, 2.45) is 0 Å². The van der Waals surface area contributed by atoms with Crippen LogP contribution in [0.1, 0.15) is 35.9 Å².